The number of rotatable bonds is 5. The zero-order valence-electron chi connectivity index (χ0n) is 10.9. The zero-order valence-corrected chi connectivity index (χ0v) is 10.9. The van der Waals surface area contributed by atoms with E-state index < -0.39 is 5.97 Å². The molecule has 0 heterocycles. The lowest BCUT2D eigenvalue weighted by molar-refractivity contribution is 0.0697. The summed E-state index contributed by atoms with van der Waals surface area (Å²) in [6, 6.07) is 7.99. The number of anilines is 1. The van der Waals surface area contributed by atoms with Gasteiger partial charge in [0.1, 0.15) is 0 Å². The van der Waals surface area contributed by atoms with E-state index in [1.54, 1.807) is 17.0 Å². The molecule has 0 bridgehead atoms. The van der Waals surface area contributed by atoms with Crippen LogP contribution in [0.1, 0.15) is 29.6 Å². The van der Waals surface area contributed by atoms with Crippen molar-refractivity contribution in [2.75, 3.05) is 11.9 Å². The molecule has 1 fully saturated rings. The number of benzene rings is 1. The van der Waals surface area contributed by atoms with Crippen LogP contribution >= 0.6 is 0 Å². The van der Waals surface area contributed by atoms with Crippen molar-refractivity contribution in [2.24, 2.45) is 0 Å². The van der Waals surface area contributed by atoms with E-state index in [4.69, 9.17) is 10.4 Å². The second kappa shape index (κ2) is 6.06. The molecule has 0 saturated heterocycles. The third-order valence-corrected chi connectivity index (χ3v) is 3.10. The molecule has 2 N–H and O–H groups in total. The molecule has 0 atom stereocenters. The summed E-state index contributed by atoms with van der Waals surface area (Å²) in [6.07, 6.45) is 2.25. The molecule has 0 spiro atoms. The molecule has 1 aliphatic rings. The number of hydrogen-bond donors (Lipinski definition) is 2. The van der Waals surface area contributed by atoms with Gasteiger partial charge in [-0.2, -0.15) is 5.26 Å². The number of hydrogen-bond acceptors (Lipinski definition) is 3. The Balaban J connectivity index is 1.98. The molecule has 0 radical (unpaired) electrons. The van der Waals surface area contributed by atoms with Crippen molar-refractivity contribution in [3.63, 3.8) is 0 Å². The summed E-state index contributed by atoms with van der Waals surface area (Å²) in [6.45, 7) is 0.417. The molecule has 1 aromatic rings. The first-order valence-electron chi connectivity index (χ1n) is 6.39. The molecular weight excluding hydrogens is 258 g/mol. The quantitative estimate of drug-likeness (QED) is 0.860. The molecule has 2 rings (SSSR count). The molecule has 6 heteroatoms. The fourth-order valence-corrected chi connectivity index (χ4v) is 1.90. The Morgan fingerprint density at radius 2 is 2.00 bits per heavy atom. The van der Waals surface area contributed by atoms with E-state index >= 15 is 0 Å². The zero-order chi connectivity index (χ0) is 14.5. The first kappa shape index (κ1) is 13.9. The van der Waals surface area contributed by atoms with Crippen LogP contribution in [0.4, 0.5) is 10.5 Å². The Bertz CT molecular complexity index is 544. The highest BCUT2D eigenvalue weighted by atomic mass is 16.4. The number of urea groups is 1. The number of carbonyl (C=O) groups excluding carboxylic acids is 1. The summed E-state index contributed by atoms with van der Waals surface area (Å²) in [4.78, 5) is 24.5. The van der Waals surface area contributed by atoms with Gasteiger partial charge in [0.05, 0.1) is 18.1 Å². The molecule has 6 nitrogen and oxygen atoms in total. The lowest BCUT2D eigenvalue weighted by Crippen LogP contribution is -2.37. The summed E-state index contributed by atoms with van der Waals surface area (Å²) >= 11 is 0. The van der Waals surface area contributed by atoms with Gasteiger partial charge in [0.25, 0.3) is 0 Å². The highest BCUT2D eigenvalue weighted by Crippen LogP contribution is 2.27. The van der Waals surface area contributed by atoms with E-state index in [-0.39, 0.29) is 17.6 Å². The number of nitrogens with one attached hydrogen (secondary N) is 1. The first-order valence-corrected chi connectivity index (χ1v) is 6.39. The molecule has 20 heavy (non-hydrogen) atoms. The molecule has 104 valence electrons. The van der Waals surface area contributed by atoms with Crippen LogP contribution in [0.15, 0.2) is 24.3 Å². The predicted molar refractivity (Wildman–Crippen MR) is 72.4 cm³/mol. The average Bonchev–Trinajstić information content (AvgIpc) is 3.24. The van der Waals surface area contributed by atoms with Crippen LogP contribution in [-0.2, 0) is 0 Å². The maximum absolute atomic E-state index is 12.1. The highest BCUT2D eigenvalue weighted by Gasteiger charge is 2.32. The summed E-state index contributed by atoms with van der Waals surface area (Å²) in [5, 5.41) is 20.1. The lowest BCUT2D eigenvalue weighted by Gasteiger charge is -2.21. The Morgan fingerprint density at radius 1 is 1.35 bits per heavy atom. The van der Waals surface area contributed by atoms with Crippen LogP contribution in [0.25, 0.3) is 0 Å². The maximum Gasteiger partial charge on any atom is 0.335 e. The van der Waals surface area contributed by atoms with Gasteiger partial charge < -0.3 is 15.3 Å². The van der Waals surface area contributed by atoms with Gasteiger partial charge in [0, 0.05) is 18.3 Å². The third kappa shape index (κ3) is 3.48. The van der Waals surface area contributed by atoms with Crippen LogP contribution in [0.5, 0.6) is 0 Å². The van der Waals surface area contributed by atoms with E-state index in [0.717, 1.165) is 12.8 Å². The number of amides is 2. The number of nitriles is 1. The van der Waals surface area contributed by atoms with Gasteiger partial charge in [0.2, 0.25) is 0 Å². The molecule has 0 aromatic heterocycles. The van der Waals surface area contributed by atoms with Crippen molar-refractivity contribution in [3.05, 3.63) is 29.8 Å². The number of aromatic carboxylic acids is 1. The van der Waals surface area contributed by atoms with E-state index in [2.05, 4.69) is 5.32 Å². The highest BCUT2D eigenvalue weighted by molar-refractivity contribution is 5.91. The number of nitrogens with zero attached hydrogens (tertiary/aromatic N) is 2. The lowest BCUT2D eigenvalue weighted by atomic mass is 10.2. The fourth-order valence-electron chi connectivity index (χ4n) is 1.90. The molecule has 1 saturated carbocycles. The largest absolute Gasteiger partial charge is 0.478 e. The van der Waals surface area contributed by atoms with E-state index in [1.165, 1.54) is 12.1 Å². The van der Waals surface area contributed by atoms with Crippen molar-refractivity contribution in [3.8, 4) is 6.07 Å². The fraction of sp³-hybridized carbons (Fsp3) is 0.357. The summed E-state index contributed by atoms with van der Waals surface area (Å²) in [7, 11) is 0. The first-order chi connectivity index (χ1) is 9.61. The second-order valence-electron chi connectivity index (χ2n) is 4.65. The summed E-state index contributed by atoms with van der Waals surface area (Å²) < 4.78 is 0. The Labute approximate surface area is 116 Å². The SMILES string of the molecule is N#CCCN(C(=O)Nc1ccc(C(=O)O)cc1)C1CC1. The molecule has 0 aliphatic heterocycles. The van der Waals surface area contributed by atoms with Gasteiger partial charge >= 0.3 is 12.0 Å². The van der Waals surface area contributed by atoms with Crippen molar-refractivity contribution in [1.82, 2.24) is 4.90 Å². The van der Waals surface area contributed by atoms with Crippen LogP contribution in [0, 0.1) is 11.3 Å². The third-order valence-electron chi connectivity index (χ3n) is 3.10. The van der Waals surface area contributed by atoms with Crippen LogP contribution in [0.2, 0.25) is 0 Å². The Hall–Kier alpha value is -2.55. The van der Waals surface area contributed by atoms with Gasteiger partial charge in [-0.1, -0.05) is 0 Å². The van der Waals surface area contributed by atoms with Gasteiger partial charge in [-0.25, -0.2) is 9.59 Å². The molecular formula is C14H15N3O3. The normalized spacial score (nSPS) is 13.3. The molecule has 1 aromatic carbocycles. The van der Waals surface area contributed by atoms with Crippen LogP contribution < -0.4 is 5.32 Å². The maximum atomic E-state index is 12.1. The minimum atomic E-state index is -1.00. The minimum Gasteiger partial charge on any atom is -0.478 e. The molecule has 2 amide bonds. The summed E-state index contributed by atoms with van der Waals surface area (Å²) in [5.41, 5.74) is 0.717. The van der Waals surface area contributed by atoms with Crippen LogP contribution in [-0.4, -0.2) is 34.6 Å². The van der Waals surface area contributed by atoms with Crippen molar-refractivity contribution >= 4 is 17.7 Å². The topological polar surface area (TPSA) is 93.4 Å². The van der Waals surface area contributed by atoms with Gasteiger partial charge in [0.15, 0.2) is 0 Å². The molecule has 0 unspecified atom stereocenters. The van der Waals surface area contributed by atoms with E-state index in [0.29, 0.717) is 18.7 Å². The van der Waals surface area contributed by atoms with Crippen molar-refractivity contribution in [2.45, 2.75) is 25.3 Å². The summed E-state index contributed by atoms with van der Waals surface area (Å²) in [5.74, 6) is -1.00. The Kier molecular flexibility index (Phi) is 4.20. The predicted octanol–water partition coefficient (Wildman–Crippen LogP) is 2.29. The van der Waals surface area contributed by atoms with Crippen molar-refractivity contribution in [1.29, 1.82) is 5.26 Å². The van der Waals surface area contributed by atoms with Crippen molar-refractivity contribution < 1.29 is 14.7 Å². The Morgan fingerprint density at radius 3 is 2.50 bits per heavy atom. The van der Waals surface area contributed by atoms with E-state index in [1.807, 2.05) is 6.07 Å². The standard InChI is InChI=1S/C14H15N3O3/c15-8-1-9-17(12-6-7-12)14(20)16-11-4-2-10(3-5-11)13(18)19/h2-5,12H,1,6-7,9H2,(H,16,20)(H,18,19). The van der Waals surface area contributed by atoms with Gasteiger partial charge in [-0.15, -0.1) is 0 Å². The number of carboxylic acids is 1. The number of carbonyl (C=O) groups is 2. The minimum absolute atomic E-state index is 0.173. The second-order valence-corrected chi connectivity index (χ2v) is 4.65. The van der Waals surface area contributed by atoms with Crippen LogP contribution in [0.3, 0.4) is 0 Å². The number of carboxylic acid groups (broad SMARTS) is 1. The molecule has 1 aliphatic carbocycles. The van der Waals surface area contributed by atoms with Gasteiger partial charge in [-0.3, -0.25) is 0 Å². The smallest absolute Gasteiger partial charge is 0.335 e. The van der Waals surface area contributed by atoms with Gasteiger partial charge in [-0.05, 0) is 37.1 Å². The van der Waals surface area contributed by atoms with E-state index in [9.17, 15) is 9.59 Å². The average molecular weight is 273 g/mol. The monoisotopic (exact) mass is 273 g/mol.